The molecule has 0 aliphatic rings. The molecule has 0 heterocycles. The van der Waals surface area contributed by atoms with E-state index in [0.29, 0.717) is 13.1 Å². The van der Waals surface area contributed by atoms with Crippen molar-refractivity contribution in [2.24, 2.45) is 5.73 Å². The Bertz CT molecular complexity index is 289. The van der Waals surface area contributed by atoms with Gasteiger partial charge in [-0.2, -0.15) is 0 Å². The van der Waals surface area contributed by atoms with Gasteiger partial charge in [0, 0.05) is 13.1 Å². The third kappa shape index (κ3) is 5.86. The largest absolute Gasteiger partial charge is 0.351 e. The molecule has 0 aliphatic carbocycles. The topological polar surface area (TPSA) is 105 Å². The molecule has 7 heteroatoms. The highest BCUT2D eigenvalue weighted by atomic mass is 16.2. The van der Waals surface area contributed by atoms with Gasteiger partial charge in [-0.25, -0.2) is 4.79 Å². The fourth-order valence-electron chi connectivity index (χ4n) is 1.25. The monoisotopic (exact) mass is 244 g/mol. The van der Waals surface area contributed by atoms with Crippen LogP contribution in [0.5, 0.6) is 0 Å². The molecule has 0 saturated carbocycles. The quantitative estimate of drug-likeness (QED) is 0.559. The molecule has 4 N–H and O–H groups in total. The zero-order valence-electron chi connectivity index (χ0n) is 10.4. The third-order valence-electron chi connectivity index (χ3n) is 2.32. The summed E-state index contributed by atoms with van der Waals surface area (Å²) in [6, 6.07) is -1.55. The van der Waals surface area contributed by atoms with E-state index >= 15 is 0 Å². The summed E-state index contributed by atoms with van der Waals surface area (Å²) < 4.78 is 0. The fourth-order valence-corrected chi connectivity index (χ4v) is 1.25. The van der Waals surface area contributed by atoms with Crippen molar-refractivity contribution in [1.29, 1.82) is 0 Å². The lowest BCUT2D eigenvalue weighted by atomic mass is 10.3. The molecule has 0 aromatic carbocycles. The Kier molecular flexibility index (Phi) is 6.88. The van der Waals surface area contributed by atoms with Crippen molar-refractivity contribution in [3.05, 3.63) is 0 Å². The Morgan fingerprint density at radius 1 is 1.24 bits per heavy atom. The number of nitrogens with one attached hydrogen (secondary N) is 2. The van der Waals surface area contributed by atoms with Crippen LogP contribution < -0.4 is 16.4 Å². The van der Waals surface area contributed by atoms with Crippen LogP contribution in [0.3, 0.4) is 0 Å². The molecule has 0 rings (SSSR count). The maximum absolute atomic E-state index is 11.6. The molecule has 0 aromatic heterocycles. The molecule has 17 heavy (non-hydrogen) atoms. The van der Waals surface area contributed by atoms with E-state index in [1.807, 2.05) is 19.2 Å². The van der Waals surface area contributed by atoms with E-state index in [2.05, 4.69) is 5.32 Å². The van der Waals surface area contributed by atoms with Gasteiger partial charge >= 0.3 is 6.03 Å². The van der Waals surface area contributed by atoms with Crippen molar-refractivity contribution in [2.75, 3.05) is 19.6 Å². The molecule has 0 bridgehead atoms. The van der Waals surface area contributed by atoms with Gasteiger partial charge in [0.1, 0.15) is 0 Å². The maximum Gasteiger partial charge on any atom is 0.318 e. The number of carbonyl (C=O) groups is 3. The third-order valence-corrected chi connectivity index (χ3v) is 2.32. The molecule has 0 aromatic rings. The zero-order valence-corrected chi connectivity index (χ0v) is 10.4. The molecular formula is C10H20N4O3. The van der Waals surface area contributed by atoms with Gasteiger partial charge in [-0.1, -0.05) is 0 Å². The van der Waals surface area contributed by atoms with Crippen LogP contribution >= 0.6 is 0 Å². The molecule has 98 valence electrons. The number of rotatable bonds is 6. The second kappa shape index (κ2) is 7.61. The number of urea groups is 1. The minimum absolute atomic E-state index is 0.0506. The minimum Gasteiger partial charge on any atom is -0.351 e. The van der Waals surface area contributed by atoms with Gasteiger partial charge in [0.2, 0.25) is 11.8 Å². The van der Waals surface area contributed by atoms with Gasteiger partial charge < -0.3 is 10.6 Å². The predicted octanol–water partition coefficient (Wildman–Crippen LogP) is -0.972. The van der Waals surface area contributed by atoms with Crippen LogP contribution in [0.4, 0.5) is 4.79 Å². The van der Waals surface area contributed by atoms with Gasteiger partial charge in [-0.3, -0.25) is 20.2 Å². The Morgan fingerprint density at radius 2 is 1.76 bits per heavy atom. The van der Waals surface area contributed by atoms with Gasteiger partial charge in [-0.15, -0.1) is 0 Å². The van der Waals surface area contributed by atoms with E-state index in [1.54, 1.807) is 11.8 Å². The number of amides is 4. The van der Waals surface area contributed by atoms with Crippen LogP contribution in [-0.2, 0) is 9.59 Å². The number of likely N-dealkylation sites (N-methyl/N-ethyl adjacent to an activating group) is 1. The molecule has 4 amide bonds. The lowest BCUT2D eigenvalue weighted by Crippen LogP contribution is -2.49. The number of nitrogens with zero attached hydrogens (tertiary/aromatic N) is 1. The number of hydrogen-bond donors (Lipinski definition) is 3. The van der Waals surface area contributed by atoms with Crippen molar-refractivity contribution < 1.29 is 14.4 Å². The Balaban J connectivity index is 4.06. The van der Waals surface area contributed by atoms with Gasteiger partial charge in [0.15, 0.2) is 0 Å². The number of imide groups is 1. The molecule has 1 atom stereocenters. The van der Waals surface area contributed by atoms with Crippen molar-refractivity contribution in [1.82, 2.24) is 15.5 Å². The van der Waals surface area contributed by atoms with E-state index in [9.17, 15) is 14.4 Å². The summed E-state index contributed by atoms with van der Waals surface area (Å²) in [7, 11) is 0. The van der Waals surface area contributed by atoms with Gasteiger partial charge in [0.05, 0.1) is 12.6 Å². The normalized spacial score (nSPS) is 11.7. The first-order valence-corrected chi connectivity index (χ1v) is 5.53. The van der Waals surface area contributed by atoms with E-state index in [0.717, 1.165) is 0 Å². The highest BCUT2D eigenvalue weighted by Crippen LogP contribution is 1.89. The summed E-state index contributed by atoms with van der Waals surface area (Å²) in [5.41, 5.74) is 4.80. The molecule has 1 unspecified atom stereocenters. The Hall–Kier alpha value is -1.63. The first-order valence-electron chi connectivity index (χ1n) is 5.53. The number of primary amides is 1. The van der Waals surface area contributed by atoms with Crippen LogP contribution in [-0.4, -0.2) is 48.4 Å². The highest BCUT2D eigenvalue weighted by molar-refractivity contribution is 5.96. The van der Waals surface area contributed by atoms with E-state index < -0.39 is 18.0 Å². The second-order valence-electron chi connectivity index (χ2n) is 3.52. The lowest BCUT2D eigenvalue weighted by molar-refractivity contribution is -0.130. The highest BCUT2D eigenvalue weighted by Gasteiger charge is 2.16. The summed E-state index contributed by atoms with van der Waals surface area (Å²) in [4.78, 5) is 35.0. The van der Waals surface area contributed by atoms with Crippen molar-refractivity contribution in [3.8, 4) is 0 Å². The van der Waals surface area contributed by atoms with Crippen LogP contribution in [0.2, 0.25) is 0 Å². The molecule has 0 radical (unpaired) electrons. The average molecular weight is 244 g/mol. The molecule has 7 nitrogen and oxygen atoms in total. The van der Waals surface area contributed by atoms with E-state index in [4.69, 9.17) is 5.73 Å². The van der Waals surface area contributed by atoms with E-state index in [1.165, 1.54) is 0 Å². The standard InChI is InChI=1S/C10H20N4O3/c1-4-14(5-2)8(15)6-12-7(3)9(16)13-10(11)17/h7,12H,4-6H2,1-3H3,(H3,11,13,16,17). The summed E-state index contributed by atoms with van der Waals surface area (Å²) >= 11 is 0. The number of nitrogens with two attached hydrogens (primary N) is 1. The zero-order chi connectivity index (χ0) is 13.4. The summed E-state index contributed by atoms with van der Waals surface area (Å²) in [5, 5.41) is 4.66. The Morgan fingerprint density at radius 3 is 2.18 bits per heavy atom. The van der Waals surface area contributed by atoms with E-state index in [-0.39, 0.29) is 12.5 Å². The molecule has 0 saturated heterocycles. The molecule has 0 aliphatic heterocycles. The first-order chi connectivity index (χ1) is 7.92. The predicted molar refractivity (Wildman–Crippen MR) is 63.1 cm³/mol. The van der Waals surface area contributed by atoms with Crippen molar-refractivity contribution >= 4 is 17.8 Å². The smallest absolute Gasteiger partial charge is 0.318 e. The first kappa shape index (κ1) is 15.4. The lowest BCUT2D eigenvalue weighted by Gasteiger charge is -2.20. The van der Waals surface area contributed by atoms with Crippen molar-refractivity contribution in [3.63, 3.8) is 0 Å². The van der Waals surface area contributed by atoms with Crippen molar-refractivity contribution in [2.45, 2.75) is 26.8 Å². The number of carbonyl (C=O) groups excluding carboxylic acids is 3. The summed E-state index contributed by atoms with van der Waals surface area (Å²) in [5.74, 6) is -0.640. The molecule has 0 spiro atoms. The summed E-state index contributed by atoms with van der Waals surface area (Å²) in [6.45, 7) is 6.61. The van der Waals surface area contributed by atoms with Crippen LogP contribution in [0.25, 0.3) is 0 Å². The fraction of sp³-hybridized carbons (Fsp3) is 0.700. The van der Waals surface area contributed by atoms with Crippen LogP contribution in [0, 0.1) is 0 Å². The summed E-state index contributed by atoms with van der Waals surface area (Å²) in [6.07, 6.45) is 0. The van der Waals surface area contributed by atoms with Gasteiger partial charge in [-0.05, 0) is 20.8 Å². The second-order valence-corrected chi connectivity index (χ2v) is 3.52. The molecule has 0 fully saturated rings. The SMILES string of the molecule is CCN(CC)C(=O)CNC(C)C(=O)NC(N)=O. The van der Waals surface area contributed by atoms with Crippen LogP contribution in [0.15, 0.2) is 0 Å². The van der Waals surface area contributed by atoms with Gasteiger partial charge in [0.25, 0.3) is 0 Å². The maximum atomic E-state index is 11.6. The molecular weight excluding hydrogens is 224 g/mol. The minimum atomic E-state index is -0.904. The number of hydrogen-bond acceptors (Lipinski definition) is 4. The Labute approximate surface area is 101 Å². The average Bonchev–Trinajstić information content (AvgIpc) is 2.26. The van der Waals surface area contributed by atoms with Crippen LogP contribution in [0.1, 0.15) is 20.8 Å².